The fourth-order valence-corrected chi connectivity index (χ4v) is 17.0. The highest BCUT2D eigenvalue weighted by atomic mass is 14.9. The summed E-state index contributed by atoms with van der Waals surface area (Å²) in [4.78, 5) is 24.2. The van der Waals surface area contributed by atoms with Gasteiger partial charge in [-0.25, -0.2) is 24.8 Å². The molecule has 2 aliphatic carbocycles. The first-order chi connectivity index (χ1) is 56.4. The van der Waals surface area contributed by atoms with Crippen LogP contribution in [0.1, 0.15) is 57.5 Å². The van der Waals surface area contributed by atoms with Gasteiger partial charge >= 0.3 is 0 Å². The number of nitriles is 1. The minimum Gasteiger partial charge on any atom is -0.238 e. The topological polar surface area (TPSA) is 79.7 Å². The monoisotopic (exact) mass is 1470 g/mol. The maximum Gasteiger partial charge on any atom is 0.187 e. The number of rotatable bonds is 14. The summed E-state index contributed by atoms with van der Waals surface area (Å²) in [6, 6.07) is 151. The lowest BCUT2D eigenvalue weighted by Crippen LogP contribution is -2.28. The summed E-state index contributed by atoms with van der Waals surface area (Å²) in [6.07, 6.45) is 0. The van der Waals surface area contributed by atoms with E-state index in [1.54, 1.807) is 0 Å². The standard InChI is InChI=1S/C60H39N3.C48H31N3.CH4/c61-40-41-21-35-53-54-36-34-50(38-56(54)60(55(53)37-41,51-17-9-3-10-18-51)52-19-11-4-12-20-52)46-26-32-49(33-27-46)59-62-57(47-28-22-44(23-29-47)42-13-5-1-6-14-42)39-58(63-59)48-30-24-45(25-31-48)43-15-7-2-8-16-43;1-49-40-27-28-41-42-30-37(26-29-43(42)48(44(41)31-40,38-18-10-4-11-19-38)39-20-12-5-13-21-39)33-22-24-35(25-23-33)46-32-45(34-14-6-2-7-15-34)50-47(51-46)36-16-8-3-9-17-36;/h1-39H;2-32H;1H4. The molecule has 0 fully saturated rings. The lowest BCUT2D eigenvalue weighted by Gasteiger charge is -2.34. The Morgan fingerprint density at radius 1 is 0.226 bits per heavy atom. The van der Waals surface area contributed by atoms with Crippen molar-refractivity contribution < 1.29 is 0 Å². The van der Waals surface area contributed by atoms with E-state index in [0.717, 1.165) is 123 Å². The van der Waals surface area contributed by atoms with Crippen molar-refractivity contribution in [2.24, 2.45) is 0 Å². The maximum atomic E-state index is 10.1. The van der Waals surface area contributed by atoms with Crippen LogP contribution < -0.4 is 0 Å². The molecule has 20 rings (SSSR count). The highest BCUT2D eigenvalue weighted by Gasteiger charge is 2.48. The number of hydrogen-bond acceptors (Lipinski definition) is 5. The van der Waals surface area contributed by atoms with E-state index in [0.29, 0.717) is 22.9 Å². The Kier molecular flexibility index (Phi) is 19.1. The van der Waals surface area contributed by atoms with Crippen molar-refractivity contribution in [2.75, 3.05) is 0 Å². The molecule has 6 nitrogen and oxygen atoms in total. The molecule has 2 heterocycles. The molecule has 115 heavy (non-hydrogen) atoms. The molecule has 540 valence electrons. The van der Waals surface area contributed by atoms with Crippen LogP contribution in [-0.4, -0.2) is 19.9 Å². The fraction of sp³-hybridized carbons (Fsp3) is 0.0275. The van der Waals surface area contributed by atoms with Crippen molar-refractivity contribution in [3.8, 4) is 141 Å². The number of nitrogens with zero attached hydrogens (tertiary/aromatic N) is 6. The van der Waals surface area contributed by atoms with Crippen LogP contribution in [0.3, 0.4) is 0 Å². The van der Waals surface area contributed by atoms with Crippen LogP contribution >= 0.6 is 0 Å². The molecule has 0 amide bonds. The Labute approximate surface area is 671 Å². The van der Waals surface area contributed by atoms with Gasteiger partial charge in [-0.3, -0.25) is 0 Å². The van der Waals surface area contributed by atoms with Crippen LogP contribution in [0, 0.1) is 17.9 Å². The fourth-order valence-electron chi connectivity index (χ4n) is 17.0. The van der Waals surface area contributed by atoms with Gasteiger partial charge in [-0.15, -0.1) is 0 Å². The first-order valence-corrected chi connectivity index (χ1v) is 38.4. The predicted octanol–water partition coefficient (Wildman–Crippen LogP) is 27.4. The van der Waals surface area contributed by atoms with Gasteiger partial charge in [-0.2, -0.15) is 5.26 Å². The third-order valence-corrected chi connectivity index (χ3v) is 22.5. The van der Waals surface area contributed by atoms with Crippen LogP contribution in [0.5, 0.6) is 0 Å². The van der Waals surface area contributed by atoms with Crippen LogP contribution in [0.15, 0.2) is 425 Å². The van der Waals surface area contributed by atoms with E-state index >= 15 is 0 Å². The minimum atomic E-state index is -0.612. The smallest absolute Gasteiger partial charge is 0.187 e. The van der Waals surface area contributed by atoms with Crippen molar-refractivity contribution >= 4 is 5.69 Å². The Balaban J connectivity index is 0.000000162. The highest BCUT2D eigenvalue weighted by molar-refractivity contribution is 5.92. The third-order valence-electron chi connectivity index (χ3n) is 22.5. The summed E-state index contributed by atoms with van der Waals surface area (Å²) in [6.45, 7) is 7.86. The summed E-state index contributed by atoms with van der Waals surface area (Å²) in [5, 5.41) is 10.1. The summed E-state index contributed by atoms with van der Waals surface area (Å²) < 4.78 is 0. The van der Waals surface area contributed by atoms with E-state index in [9.17, 15) is 5.26 Å². The molecule has 18 aromatic rings. The van der Waals surface area contributed by atoms with Crippen molar-refractivity contribution in [3.05, 3.63) is 486 Å². The van der Waals surface area contributed by atoms with Crippen molar-refractivity contribution in [1.29, 1.82) is 5.26 Å². The molecule has 16 aromatic carbocycles. The first-order valence-electron chi connectivity index (χ1n) is 38.4. The molecule has 0 bridgehead atoms. The maximum absolute atomic E-state index is 10.1. The lowest BCUT2D eigenvalue weighted by molar-refractivity contribution is 0.768. The Hall–Kier alpha value is -15.3. The molecule has 6 heteroatoms. The molecule has 2 aromatic heterocycles. The van der Waals surface area contributed by atoms with Crippen LogP contribution in [0.25, 0.3) is 139 Å². The van der Waals surface area contributed by atoms with Gasteiger partial charge in [0.2, 0.25) is 0 Å². The second-order valence-corrected chi connectivity index (χ2v) is 28.9. The van der Waals surface area contributed by atoms with Gasteiger partial charge in [0.05, 0.1) is 51.8 Å². The summed E-state index contributed by atoms with van der Waals surface area (Å²) >= 11 is 0. The molecular weight excluding hydrogens is 1390 g/mol. The average Bonchev–Trinajstić information content (AvgIpc) is 1.54. The lowest BCUT2D eigenvalue weighted by atomic mass is 9.67. The molecule has 0 atom stereocenters. The Morgan fingerprint density at radius 3 is 0.904 bits per heavy atom. The van der Waals surface area contributed by atoms with Crippen molar-refractivity contribution in [2.45, 2.75) is 18.3 Å². The van der Waals surface area contributed by atoms with Gasteiger partial charge in [0.1, 0.15) is 0 Å². The van der Waals surface area contributed by atoms with Crippen molar-refractivity contribution in [1.82, 2.24) is 19.9 Å². The van der Waals surface area contributed by atoms with E-state index in [1.807, 2.05) is 60.7 Å². The molecule has 0 aliphatic heterocycles. The third kappa shape index (κ3) is 13.2. The molecule has 0 saturated heterocycles. The number of benzene rings is 16. The predicted molar refractivity (Wildman–Crippen MR) is 471 cm³/mol. The normalized spacial score (nSPS) is 12.2. The summed E-state index contributed by atoms with van der Waals surface area (Å²) in [5.74, 6) is 1.37. The van der Waals surface area contributed by atoms with Crippen LogP contribution in [0.4, 0.5) is 5.69 Å². The first kappa shape index (κ1) is 71.3. The van der Waals surface area contributed by atoms with E-state index in [-0.39, 0.29) is 7.43 Å². The molecule has 0 unspecified atom stereocenters. The Bertz CT molecular complexity index is 6410. The number of aromatic nitrogens is 4. The quantitative estimate of drug-likeness (QED) is 0.101. The van der Waals surface area contributed by atoms with Gasteiger partial charge in [-0.1, -0.05) is 396 Å². The van der Waals surface area contributed by atoms with Gasteiger partial charge in [0, 0.05) is 33.4 Å². The average molecular weight is 1470 g/mol. The summed E-state index contributed by atoms with van der Waals surface area (Å²) in [5.41, 5.74) is 32.9. The second-order valence-electron chi connectivity index (χ2n) is 28.9. The summed E-state index contributed by atoms with van der Waals surface area (Å²) in [7, 11) is 0. The van der Waals surface area contributed by atoms with Gasteiger partial charge < -0.3 is 0 Å². The molecule has 2 aliphatic rings. The van der Waals surface area contributed by atoms with E-state index in [1.165, 1.54) is 44.5 Å². The highest BCUT2D eigenvalue weighted by Crippen LogP contribution is 2.59. The van der Waals surface area contributed by atoms with Crippen molar-refractivity contribution in [3.63, 3.8) is 0 Å². The van der Waals surface area contributed by atoms with E-state index < -0.39 is 10.8 Å². The van der Waals surface area contributed by atoms with Crippen LogP contribution in [0.2, 0.25) is 0 Å². The number of fused-ring (bicyclic) bond motifs is 6. The van der Waals surface area contributed by atoms with E-state index in [2.05, 4.69) is 375 Å². The van der Waals surface area contributed by atoms with Gasteiger partial charge in [0.25, 0.3) is 0 Å². The van der Waals surface area contributed by atoms with Gasteiger partial charge in [-0.05, 0) is 148 Å². The van der Waals surface area contributed by atoms with E-state index in [4.69, 9.17) is 26.5 Å². The largest absolute Gasteiger partial charge is 0.238 e. The SMILES string of the molecule is C.N#Cc1ccc2c(c1)C(c1ccccc1)(c1ccccc1)c1cc(-c3ccc(-c4nc(-c5ccc(-c6ccccc6)cc5)cc(-c5ccc(-c6ccccc6)cc5)n4)cc3)ccc1-2.[C-]#[N+]c1ccc2c(c1)C(c1ccccc1)(c1ccccc1)c1ccc(-c3ccc(-c4cc(-c5ccccc5)nc(-c5ccccc5)n4)cc3)cc1-2. The molecule has 0 saturated carbocycles. The molecule has 0 spiro atoms. The zero-order chi connectivity index (χ0) is 76.4. The molecule has 0 radical (unpaired) electrons. The zero-order valence-corrected chi connectivity index (χ0v) is 62.1. The Morgan fingerprint density at radius 2 is 0.496 bits per heavy atom. The molecule has 0 N–H and O–H groups in total. The zero-order valence-electron chi connectivity index (χ0n) is 62.1. The number of hydrogen-bond donors (Lipinski definition) is 0. The van der Waals surface area contributed by atoms with Crippen LogP contribution in [-0.2, 0) is 10.8 Å². The molecular formula is C109H74N6. The minimum absolute atomic E-state index is 0. The second kappa shape index (κ2) is 30.8. The van der Waals surface area contributed by atoms with Gasteiger partial charge in [0.15, 0.2) is 17.3 Å².